The van der Waals surface area contributed by atoms with Crippen LogP contribution in [0.4, 0.5) is 9.59 Å². The van der Waals surface area contributed by atoms with E-state index in [0.717, 1.165) is 12.7 Å². The molecule has 0 heterocycles. The number of amides is 3. The van der Waals surface area contributed by atoms with Gasteiger partial charge in [0.15, 0.2) is 0 Å². The molecule has 0 saturated heterocycles. The molecule has 138 valence electrons. The first-order valence-electron chi connectivity index (χ1n) is 7.32. The molecule has 0 aromatic heterocycles. The maximum atomic E-state index is 12.7. The molecule has 0 aliphatic carbocycles. The minimum absolute atomic E-state index is 0.0646. The average Bonchev–Trinajstić information content (AvgIpc) is 2.65. The molecule has 0 bridgehead atoms. The van der Waals surface area contributed by atoms with Crippen LogP contribution in [0.25, 0.3) is 0 Å². The van der Waals surface area contributed by atoms with Crippen LogP contribution >= 0.6 is 11.6 Å². The number of nitrogens with one attached hydrogen (secondary N) is 2. The molecule has 26 heavy (non-hydrogen) atoms. The number of carbonyl (C=O) groups excluding carboxylic acids is 2. The molecule has 0 saturated carbocycles. The number of hydrogen-bond donors (Lipinski definition) is 2. The lowest BCUT2D eigenvalue weighted by Gasteiger charge is -2.22. The summed E-state index contributed by atoms with van der Waals surface area (Å²) in [5.74, 6) is 0. The van der Waals surface area contributed by atoms with E-state index in [0.29, 0.717) is 5.02 Å². The Bertz CT molecular complexity index is 873. The van der Waals surface area contributed by atoms with Crippen LogP contribution in [-0.2, 0) is 21.3 Å². The van der Waals surface area contributed by atoms with E-state index in [-0.39, 0.29) is 15.9 Å². The number of benzene rings is 2. The van der Waals surface area contributed by atoms with Crippen molar-refractivity contribution >= 4 is 33.7 Å². The summed E-state index contributed by atoms with van der Waals surface area (Å²) in [5, 5.41) is 2.75. The van der Waals surface area contributed by atoms with Gasteiger partial charge in [-0.1, -0.05) is 41.9 Å². The summed E-state index contributed by atoms with van der Waals surface area (Å²) >= 11 is 5.75. The second kappa shape index (κ2) is 8.54. The van der Waals surface area contributed by atoms with Crippen LogP contribution in [0.15, 0.2) is 59.5 Å². The number of halogens is 1. The minimum Gasteiger partial charge on any atom is -0.452 e. The molecule has 8 nitrogen and oxygen atoms in total. The average molecular weight is 398 g/mol. The zero-order chi connectivity index (χ0) is 19.2. The van der Waals surface area contributed by atoms with E-state index in [1.54, 1.807) is 30.3 Å². The highest BCUT2D eigenvalue weighted by molar-refractivity contribution is 7.89. The Morgan fingerprint density at radius 3 is 2.27 bits per heavy atom. The maximum Gasteiger partial charge on any atom is 0.426 e. The summed E-state index contributed by atoms with van der Waals surface area (Å²) in [4.78, 5) is 23.7. The number of nitrogens with zero attached hydrogens (tertiary/aromatic N) is 1. The Balaban J connectivity index is 2.25. The van der Waals surface area contributed by atoms with Crippen LogP contribution in [0.5, 0.6) is 0 Å². The van der Waals surface area contributed by atoms with Crippen LogP contribution in [0.2, 0.25) is 5.02 Å². The number of methoxy groups -OCH3 is 1. The van der Waals surface area contributed by atoms with Crippen LogP contribution < -0.4 is 10.7 Å². The van der Waals surface area contributed by atoms with Gasteiger partial charge in [0.1, 0.15) is 0 Å². The number of rotatable bonds is 4. The Morgan fingerprint density at radius 1 is 1.08 bits per heavy atom. The number of sulfonamides is 1. The van der Waals surface area contributed by atoms with Gasteiger partial charge in [0.2, 0.25) is 0 Å². The topological polar surface area (TPSA) is 105 Å². The van der Waals surface area contributed by atoms with Gasteiger partial charge in [-0.15, -0.1) is 4.41 Å². The third-order valence-corrected chi connectivity index (χ3v) is 5.06. The highest BCUT2D eigenvalue weighted by Crippen LogP contribution is 2.17. The first kappa shape index (κ1) is 19.5. The van der Waals surface area contributed by atoms with E-state index in [1.807, 2.05) is 5.43 Å². The van der Waals surface area contributed by atoms with Gasteiger partial charge in [0, 0.05) is 11.6 Å². The van der Waals surface area contributed by atoms with Crippen molar-refractivity contribution in [3.05, 3.63) is 65.2 Å². The fourth-order valence-corrected chi connectivity index (χ4v) is 3.20. The largest absolute Gasteiger partial charge is 0.452 e. The molecule has 2 aromatic rings. The predicted octanol–water partition coefficient (Wildman–Crippen LogP) is 2.51. The van der Waals surface area contributed by atoms with Gasteiger partial charge < -0.3 is 10.1 Å². The summed E-state index contributed by atoms with van der Waals surface area (Å²) in [6.07, 6.45) is -1.11. The van der Waals surface area contributed by atoms with E-state index < -0.39 is 22.1 Å². The number of ether oxygens (including phenoxy) is 1. The SMILES string of the molecule is COC(=O)NN(C(=O)NCc1ccccc1)S(=O)(=O)c1ccc(Cl)cc1. The Kier molecular flexibility index (Phi) is 6.42. The predicted molar refractivity (Wildman–Crippen MR) is 94.7 cm³/mol. The highest BCUT2D eigenvalue weighted by Gasteiger charge is 2.31. The Labute approximate surface area is 155 Å². The van der Waals surface area contributed by atoms with Gasteiger partial charge in [-0.2, -0.15) is 8.42 Å². The molecule has 2 rings (SSSR count). The van der Waals surface area contributed by atoms with Crippen molar-refractivity contribution < 1.29 is 22.7 Å². The number of hydrazine groups is 1. The number of carbonyl (C=O) groups is 2. The lowest BCUT2D eigenvalue weighted by Crippen LogP contribution is -2.53. The van der Waals surface area contributed by atoms with E-state index in [2.05, 4.69) is 10.1 Å². The first-order chi connectivity index (χ1) is 12.3. The highest BCUT2D eigenvalue weighted by atomic mass is 35.5. The lowest BCUT2D eigenvalue weighted by molar-refractivity contribution is 0.150. The van der Waals surface area contributed by atoms with Crippen LogP contribution in [0.1, 0.15) is 5.56 Å². The summed E-state index contributed by atoms with van der Waals surface area (Å²) < 4.78 is 30.0. The van der Waals surface area contributed by atoms with E-state index in [4.69, 9.17) is 11.6 Å². The first-order valence-corrected chi connectivity index (χ1v) is 9.13. The smallest absolute Gasteiger partial charge is 0.426 e. The van der Waals surface area contributed by atoms with E-state index >= 15 is 0 Å². The van der Waals surface area contributed by atoms with Crippen molar-refractivity contribution in [2.75, 3.05) is 7.11 Å². The Morgan fingerprint density at radius 2 is 1.69 bits per heavy atom. The van der Waals surface area contributed by atoms with E-state index in [9.17, 15) is 18.0 Å². The third kappa shape index (κ3) is 4.87. The minimum atomic E-state index is -4.38. The number of urea groups is 1. The van der Waals surface area contributed by atoms with Crippen molar-refractivity contribution in [2.45, 2.75) is 11.4 Å². The molecular formula is C16H16ClN3O5S. The van der Waals surface area contributed by atoms with Crippen molar-refractivity contribution in [3.8, 4) is 0 Å². The molecule has 10 heteroatoms. The molecule has 3 amide bonds. The fourth-order valence-electron chi connectivity index (χ4n) is 1.91. The molecule has 0 unspecified atom stereocenters. The van der Waals surface area contributed by atoms with Gasteiger partial charge in [0.05, 0.1) is 12.0 Å². The van der Waals surface area contributed by atoms with Crippen LogP contribution in [-0.4, -0.2) is 32.1 Å². The molecule has 0 spiro atoms. The molecule has 0 fully saturated rings. The normalized spacial score (nSPS) is 10.7. The van der Waals surface area contributed by atoms with Gasteiger partial charge in [-0.25, -0.2) is 15.0 Å². The van der Waals surface area contributed by atoms with E-state index in [1.165, 1.54) is 24.3 Å². The van der Waals surface area contributed by atoms with Gasteiger partial charge >= 0.3 is 12.1 Å². The zero-order valence-corrected chi connectivity index (χ0v) is 15.3. The lowest BCUT2D eigenvalue weighted by atomic mass is 10.2. The second-order valence-electron chi connectivity index (χ2n) is 4.97. The molecule has 0 aliphatic rings. The molecule has 2 N–H and O–H groups in total. The van der Waals surface area contributed by atoms with Crippen LogP contribution in [0.3, 0.4) is 0 Å². The quantitative estimate of drug-likeness (QED) is 0.771. The summed E-state index contributed by atoms with van der Waals surface area (Å²) in [5.41, 5.74) is 2.65. The molecule has 0 atom stereocenters. The molecule has 2 aromatic carbocycles. The third-order valence-electron chi connectivity index (χ3n) is 3.20. The molecular weight excluding hydrogens is 382 g/mol. The van der Waals surface area contributed by atoms with Crippen LogP contribution in [0, 0.1) is 0 Å². The fraction of sp³-hybridized carbons (Fsp3) is 0.125. The van der Waals surface area contributed by atoms with Gasteiger partial charge in [0.25, 0.3) is 10.0 Å². The monoisotopic (exact) mass is 397 g/mol. The molecule has 0 radical (unpaired) electrons. The standard InChI is InChI=1S/C16H16ClN3O5S/c1-25-16(22)19-20(15(21)18-11-12-5-3-2-4-6-12)26(23,24)14-9-7-13(17)8-10-14/h2-10H,11H2,1H3,(H,18,21)(H,19,22). The van der Waals surface area contributed by atoms with Crippen molar-refractivity contribution in [1.29, 1.82) is 0 Å². The molecule has 0 aliphatic heterocycles. The summed E-state index contributed by atoms with van der Waals surface area (Å²) in [7, 11) is -3.33. The van der Waals surface area contributed by atoms with Gasteiger partial charge in [-0.05, 0) is 29.8 Å². The summed E-state index contributed by atoms with van der Waals surface area (Å²) in [6.45, 7) is 0.0646. The van der Waals surface area contributed by atoms with Crippen molar-refractivity contribution in [2.24, 2.45) is 0 Å². The maximum absolute atomic E-state index is 12.7. The number of hydrogen-bond acceptors (Lipinski definition) is 5. The van der Waals surface area contributed by atoms with Crippen molar-refractivity contribution in [1.82, 2.24) is 15.2 Å². The zero-order valence-electron chi connectivity index (χ0n) is 13.7. The summed E-state index contributed by atoms with van der Waals surface area (Å²) in [6, 6.07) is 13.0. The van der Waals surface area contributed by atoms with Crippen molar-refractivity contribution in [3.63, 3.8) is 0 Å². The Hall–Kier alpha value is -2.78. The van der Waals surface area contributed by atoms with Gasteiger partial charge in [-0.3, -0.25) is 0 Å². The second-order valence-corrected chi connectivity index (χ2v) is 7.19.